The molecule has 0 heterocycles. The van der Waals surface area contributed by atoms with Gasteiger partial charge in [0.1, 0.15) is 0 Å². The summed E-state index contributed by atoms with van der Waals surface area (Å²) in [4.78, 5) is 3.31. The molecule has 0 saturated heterocycles. The smallest absolute Gasteiger partial charge is 0.0785 e. The number of hydrogen-bond donors (Lipinski definition) is 1. The highest BCUT2D eigenvalue weighted by Crippen LogP contribution is 2.19. The molecular weight excluding hydrogens is 264 g/mol. The molecule has 0 rings (SSSR count). The molecule has 3 heteroatoms. The summed E-state index contributed by atoms with van der Waals surface area (Å²) >= 11 is 5.63. The van der Waals surface area contributed by atoms with Crippen LogP contribution in [0.3, 0.4) is 0 Å². The van der Waals surface area contributed by atoms with Gasteiger partial charge >= 0.3 is 0 Å². The van der Waals surface area contributed by atoms with Crippen LogP contribution in [0.15, 0.2) is 0 Å². The van der Waals surface area contributed by atoms with Gasteiger partial charge in [-0.1, -0.05) is 71.0 Å². The SMILES string of the molecule is CCCCCCC(CCCCC)C(=S)NCCN(C)C. The zero-order valence-corrected chi connectivity index (χ0v) is 15.0. The minimum Gasteiger partial charge on any atom is -0.378 e. The Labute approximate surface area is 132 Å². The summed E-state index contributed by atoms with van der Waals surface area (Å²) in [5.74, 6) is 0.607. The van der Waals surface area contributed by atoms with Crippen LogP contribution in [0.1, 0.15) is 71.6 Å². The van der Waals surface area contributed by atoms with E-state index in [4.69, 9.17) is 12.2 Å². The van der Waals surface area contributed by atoms with Crippen molar-refractivity contribution < 1.29 is 0 Å². The Hall–Kier alpha value is -0.150. The number of unbranched alkanes of at least 4 members (excludes halogenated alkanes) is 5. The van der Waals surface area contributed by atoms with Crippen LogP contribution in [0.5, 0.6) is 0 Å². The Bertz CT molecular complexity index is 229. The zero-order chi connectivity index (χ0) is 15.2. The average molecular weight is 301 g/mol. The Kier molecular flexibility index (Phi) is 13.7. The van der Waals surface area contributed by atoms with Crippen molar-refractivity contribution in [3.63, 3.8) is 0 Å². The number of nitrogens with one attached hydrogen (secondary N) is 1. The maximum atomic E-state index is 5.63. The fourth-order valence-corrected chi connectivity index (χ4v) is 2.75. The second kappa shape index (κ2) is 13.8. The molecule has 0 aliphatic heterocycles. The lowest BCUT2D eigenvalue weighted by Gasteiger charge is -2.20. The highest BCUT2D eigenvalue weighted by Gasteiger charge is 2.13. The normalized spacial score (nSPS) is 12.7. The maximum Gasteiger partial charge on any atom is 0.0785 e. The summed E-state index contributed by atoms with van der Waals surface area (Å²) in [7, 11) is 4.21. The molecule has 20 heavy (non-hydrogen) atoms. The number of thiocarbonyl (C=S) groups is 1. The van der Waals surface area contributed by atoms with Crippen LogP contribution in [0.25, 0.3) is 0 Å². The van der Waals surface area contributed by atoms with Gasteiger partial charge in [-0.2, -0.15) is 0 Å². The van der Waals surface area contributed by atoms with Gasteiger partial charge in [0.05, 0.1) is 4.99 Å². The van der Waals surface area contributed by atoms with Crippen molar-refractivity contribution in [1.82, 2.24) is 10.2 Å². The van der Waals surface area contributed by atoms with Crippen molar-refractivity contribution in [2.75, 3.05) is 27.2 Å². The molecule has 120 valence electrons. The average Bonchev–Trinajstić information content (AvgIpc) is 2.41. The molecule has 0 bridgehead atoms. The third kappa shape index (κ3) is 11.7. The molecule has 0 fully saturated rings. The van der Waals surface area contributed by atoms with Gasteiger partial charge in [-0.3, -0.25) is 0 Å². The van der Waals surface area contributed by atoms with E-state index in [-0.39, 0.29) is 0 Å². The summed E-state index contributed by atoms with van der Waals surface area (Å²) in [6.07, 6.45) is 11.9. The molecule has 1 atom stereocenters. The first-order chi connectivity index (χ1) is 9.61. The molecule has 0 spiro atoms. The van der Waals surface area contributed by atoms with Gasteiger partial charge in [0.15, 0.2) is 0 Å². The fourth-order valence-electron chi connectivity index (χ4n) is 2.41. The van der Waals surface area contributed by atoms with E-state index in [0.717, 1.165) is 18.1 Å². The summed E-state index contributed by atoms with van der Waals surface area (Å²) in [6, 6.07) is 0. The predicted molar refractivity (Wildman–Crippen MR) is 95.5 cm³/mol. The van der Waals surface area contributed by atoms with E-state index in [1.54, 1.807) is 0 Å². The molecule has 0 amide bonds. The van der Waals surface area contributed by atoms with Crippen LogP contribution in [0.4, 0.5) is 0 Å². The van der Waals surface area contributed by atoms with E-state index in [9.17, 15) is 0 Å². The van der Waals surface area contributed by atoms with Crippen molar-refractivity contribution in [2.45, 2.75) is 71.6 Å². The lowest BCUT2D eigenvalue weighted by atomic mass is 9.94. The van der Waals surface area contributed by atoms with E-state index >= 15 is 0 Å². The van der Waals surface area contributed by atoms with Gasteiger partial charge < -0.3 is 10.2 Å². The monoisotopic (exact) mass is 300 g/mol. The first-order valence-electron chi connectivity index (χ1n) is 8.54. The molecule has 0 aliphatic rings. The van der Waals surface area contributed by atoms with Gasteiger partial charge in [0.25, 0.3) is 0 Å². The summed E-state index contributed by atoms with van der Waals surface area (Å²) in [6.45, 7) is 6.57. The number of nitrogens with zero attached hydrogens (tertiary/aromatic N) is 1. The van der Waals surface area contributed by atoms with Crippen molar-refractivity contribution in [2.24, 2.45) is 5.92 Å². The van der Waals surface area contributed by atoms with Gasteiger partial charge in [-0.25, -0.2) is 0 Å². The first kappa shape index (κ1) is 19.9. The Balaban J connectivity index is 4.02. The highest BCUT2D eigenvalue weighted by atomic mass is 32.1. The largest absolute Gasteiger partial charge is 0.378 e. The molecule has 2 nitrogen and oxygen atoms in total. The molecule has 0 radical (unpaired) electrons. The Morgan fingerprint density at radius 2 is 1.50 bits per heavy atom. The summed E-state index contributed by atoms with van der Waals surface area (Å²) in [5, 5.41) is 3.47. The third-order valence-corrected chi connectivity index (χ3v) is 4.27. The summed E-state index contributed by atoms with van der Waals surface area (Å²) < 4.78 is 0. The molecule has 0 aromatic carbocycles. The van der Waals surface area contributed by atoms with E-state index < -0.39 is 0 Å². The Morgan fingerprint density at radius 1 is 0.950 bits per heavy atom. The first-order valence-corrected chi connectivity index (χ1v) is 8.95. The lowest BCUT2D eigenvalue weighted by Crippen LogP contribution is -2.34. The quantitative estimate of drug-likeness (QED) is 0.394. The van der Waals surface area contributed by atoms with E-state index in [0.29, 0.717) is 5.92 Å². The lowest BCUT2D eigenvalue weighted by molar-refractivity contribution is 0.409. The number of rotatable bonds is 13. The van der Waals surface area contributed by atoms with Crippen molar-refractivity contribution >= 4 is 17.2 Å². The van der Waals surface area contributed by atoms with Crippen LogP contribution < -0.4 is 5.32 Å². The molecule has 0 aliphatic carbocycles. The maximum absolute atomic E-state index is 5.63. The fraction of sp³-hybridized carbons (Fsp3) is 0.941. The summed E-state index contributed by atoms with van der Waals surface area (Å²) in [5.41, 5.74) is 0. The van der Waals surface area contributed by atoms with Crippen molar-refractivity contribution in [1.29, 1.82) is 0 Å². The minimum atomic E-state index is 0.607. The van der Waals surface area contributed by atoms with E-state index in [2.05, 4.69) is 38.2 Å². The second-order valence-corrected chi connectivity index (χ2v) is 6.58. The van der Waals surface area contributed by atoms with Crippen LogP contribution in [0, 0.1) is 5.92 Å². The standard InChI is InChI=1S/C17H36N2S/c1-5-7-9-11-13-16(12-10-8-6-2)17(20)18-14-15-19(3)4/h16H,5-15H2,1-4H3,(H,18,20). The number of likely N-dealkylation sites (N-methyl/N-ethyl adjacent to an activating group) is 1. The van der Waals surface area contributed by atoms with Crippen LogP contribution in [-0.2, 0) is 0 Å². The molecular formula is C17H36N2S. The highest BCUT2D eigenvalue weighted by molar-refractivity contribution is 7.80. The predicted octanol–water partition coefficient (Wildman–Crippen LogP) is 4.63. The van der Waals surface area contributed by atoms with Gasteiger partial charge in [0.2, 0.25) is 0 Å². The van der Waals surface area contributed by atoms with Gasteiger partial charge in [0, 0.05) is 19.0 Å². The topological polar surface area (TPSA) is 15.3 Å². The van der Waals surface area contributed by atoms with E-state index in [1.165, 1.54) is 57.8 Å². The van der Waals surface area contributed by atoms with E-state index in [1.807, 2.05) is 0 Å². The Morgan fingerprint density at radius 3 is 2.05 bits per heavy atom. The minimum absolute atomic E-state index is 0.607. The van der Waals surface area contributed by atoms with Crippen LogP contribution in [0.2, 0.25) is 0 Å². The molecule has 1 N–H and O–H groups in total. The van der Waals surface area contributed by atoms with Gasteiger partial charge in [-0.15, -0.1) is 0 Å². The second-order valence-electron chi connectivity index (χ2n) is 6.14. The van der Waals surface area contributed by atoms with Crippen molar-refractivity contribution in [3.8, 4) is 0 Å². The molecule has 0 saturated carbocycles. The zero-order valence-electron chi connectivity index (χ0n) is 14.2. The van der Waals surface area contributed by atoms with Crippen molar-refractivity contribution in [3.05, 3.63) is 0 Å². The number of hydrogen-bond acceptors (Lipinski definition) is 2. The molecule has 1 unspecified atom stereocenters. The van der Waals surface area contributed by atoms with Crippen LogP contribution in [-0.4, -0.2) is 37.1 Å². The molecule has 0 aromatic rings. The molecule has 0 aromatic heterocycles. The van der Waals surface area contributed by atoms with Gasteiger partial charge in [-0.05, 0) is 26.9 Å². The third-order valence-electron chi connectivity index (χ3n) is 3.79. The van der Waals surface area contributed by atoms with Crippen LogP contribution >= 0.6 is 12.2 Å².